The quantitative estimate of drug-likeness (QED) is 0.753. The lowest BCUT2D eigenvalue weighted by molar-refractivity contribution is 0.368. The van der Waals surface area contributed by atoms with Crippen molar-refractivity contribution in [3.8, 4) is 17.7 Å². The molecule has 27 heavy (non-hydrogen) atoms. The highest BCUT2D eigenvalue weighted by atomic mass is 35.5. The minimum absolute atomic E-state index is 0.0262. The summed E-state index contributed by atoms with van der Waals surface area (Å²) in [6.07, 6.45) is 3.51. The van der Waals surface area contributed by atoms with Gasteiger partial charge in [0.05, 0.1) is 7.11 Å². The van der Waals surface area contributed by atoms with Crippen LogP contribution in [0.15, 0.2) is 33.2 Å². The van der Waals surface area contributed by atoms with Crippen molar-refractivity contribution >= 4 is 23.0 Å². The Morgan fingerprint density at radius 3 is 2.67 bits per heavy atom. The highest BCUT2D eigenvalue weighted by Crippen LogP contribution is 2.36. The van der Waals surface area contributed by atoms with Crippen molar-refractivity contribution in [1.82, 2.24) is 4.57 Å². The van der Waals surface area contributed by atoms with Crippen LogP contribution < -0.4 is 10.3 Å². The molecule has 0 saturated heterocycles. The normalized spacial score (nSPS) is 14.6. The van der Waals surface area contributed by atoms with Crippen LogP contribution in [0.3, 0.4) is 0 Å². The summed E-state index contributed by atoms with van der Waals surface area (Å²) < 4.78 is 6.51. The number of hydrogen-bond donors (Lipinski definition) is 1. The summed E-state index contributed by atoms with van der Waals surface area (Å²) in [4.78, 5) is 13.0. The van der Waals surface area contributed by atoms with Gasteiger partial charge in [-0.2, -0.15) is 5.26 Å². The Kier molecular flexibility index (Phi) is 5.47. The molecule has 1 aliphatic rings. The summed E-state index contributed by atoms with van der Waals surface area (Å²) in [6.45, 7) is 1.57. The Bertz CT molecular complexity index is 1000. The first-order valence-corrected chi connectivity index (χ1v) is 8.99. The first-order valence-electron chi connectivity index (χ1n) is 8.61. The van der Waals surface area contributed by atoms with Crippen molar-refractivity contribution in [3.63, 3.8) is 0 Å². The van der Waals surface area contributed by atoms with E-state index < -0.39 is 5.56 Å². The molecule has 0 amide bonds. The Morgan fingerprint density at radius 1 is 1.33 bits per heavy atom. The third-order valence-electron chi connectivity index (χ3n) is 4.80. The number of nitrogens with zero attached hydrogens (tertiary/aromatic N) is 4. The first kappa shape index (κ1) is 18.9. The van der Waals surface area contributed by atoms with Crippen molar-refractivity contribution in [2.75, 3.05) is 7.11 Å². The Hall–Kier alpha value is -2.85. The van der Waals surface area contributed by atoms with E-state index in [9.17, 15) is 15.2 Å². The zero-order valence-corrected chi connectivity index (χ0v) is 15.8. The van der Waals surface area contributed by atoms with Crippen LogP contribution in [-0.4, -0.2) is 16.8 Å². The highest BCUT2D eigenvalue weighted by Gasteiger charge is 2.26. The van der Waals surface area contributed by atoms with Crippen LogP contribution in [0.25, 0.3) is 0 Å². The summed E-state index contributed by atoms with van der Waals surface area (Å²) >= 11 is 6.00. The molecule has 1 fully saturated rings. The second-order valence-electron chi connectivity index (χ2n) is 6.41. The van der Waals surface area contributed by atoms with Crippen molar-refractivity contribution < 1.29 is 9.84 Å². The Morgan fingerprint density at radius 2 is 2.04 bits per heavy atom. The summed E-state index contributed by atoms with van der Waals surface area (Å²) in [7, 11) is 1.49. The molecule has 0 bridgehead atoms. The van der Waals surface area contributed by atoms with E-state index in [4.69, 9.17) is 16.3 Å². The fraction of sp³-hybridized carbons (Fsp3) is 0.368. The molecule has 1 aromatic carbocycles. The van der Waals surface area contributed by atoms with E-state index in [1.165, 1.54) is 11.7 Å². The van der Waals surface area contributed by atoms with Crippen LogP contribution >= 0.6 is 11.6 Å². The SMILES string of the molecule is COc1ccc(Cl)cc1N=Nc1c(C)c(C#N)c(O)n(C2CCCC2)c1=O. The number of ether oxygens (including phenoxy) is 1. The molecule has 0 radical (unpaired) electrons. The molecule has 0 unspecified atom stereocenters. The first-order chi connectivity index (χ1) is 13.0. The fourth-order valence-electron chi connectivity index (χ4n) is 3.38. The molecular weight excluding hydrogens is 368 g/mol. The van der Waals surface area contributed by atoms with E-state index >= 15 is 0 Å². The second-order valence-corrected chi connectivity index (χ2v) is 6.85. The minimum atomic E-state index is -0.458. The van der Waals surface area contributed by atoms with Gasteiger partial charge in [0.25, 0.3) is 5.56 Å². The molecule has 1 aromatic heterocycles. The monoisotopic (exact) mass is 386 g/mol. The van der Waals surface area contributed by atoms with E-state index in [1.54, 1.807) is 25.1 Å². The summed E-state index contributed by atoms with van der Waals surface area (Å²) in [5.41, 5.74) is 0.259. The molecule has 140 valence electrons. The van der Waals surface area contributed by atoms with Gasteiger partial charge in [-0.25, -0.2) is 0 Å². The second kappa shape index (κ2) is 7.80. The number of hydrogen-bond acceptors (Lipinski definition) is 6. The number of aromatic nitrogens is 1. The van der Waals surface area contributed by atoms with E-state index in [0.717, 1.165) is 25.7 Å². The molecular formula is C19H19ClN4O3. The number of methoxy groups -OCH3 is 1. The van der Waals surface area contributed by atoms with E-state index in [0.29, 0.717) is 22.0 Å². The maximum absolute atomic E-state index is 13.0. The van der Waals surface area contributed by atoms with Gasteiger partial charge in [0.1, 0.15) is 23.1 Å². The molecule has 0 atom stereocenters. The number of rotatable bonds is 4. The summed E-state index contributed by atoms with van der Waals surface area (Å²) in [5.74, 6) is 0.155. The van der Waals surface area contributed by atoms with Gasteiger partial charge in [0.2, 0.25) is 5.88 Å². The van der Waals surface area contributed by atoms with E-state index in [2.05, 4.69) is 10.2 Å². The molecule has 7 nitrogen and oxygen atoms in total. The number of nitriles is 1. The zero-order chi connectivity index (χ0) is 19.6. The number of pyridine rings is 1. The maximum atomic E-state index is 13.0. The summed E-state index contributed by atoms with van der Waals surface area (Å²) in [5, 5.41) is 28.6. The fourth-order valence-corrected chi connectivity index (χ4v) is 3.54. The zero-order valence-electron chi connectivity index (χ0n) is 15.1. The molecule has 3 rings (SSSR count). The van der Waals surface area contributed by atoms with E-state index in [-0.39, 0.29) is 23.2 Å². The average Bonchev–Trinajstić information content (AvgIpc) is 3.16. The van der Waals surface area contributed by atoms with Crippen molar-refractivity contribution in [2.45, 2.75) is 38.6 Å². The molecule has 0 aliphatic heterocycles. The molecule has 2 aromatic rings. The van der Waals surface area contributed by atoms with Crippen LogP contribution in [-0.2, 0) is 0 Å². The minimum Gasteiger partial charge on any atom is -0.494 e. The molecule has 1 saturated carbocycles. The molecule has 0 spiro atoms. The van der Waals surface area contributed by atoms with Crippen molar-refractivity contribution in [3.05, 3.63) is 44.7 Å². The van der Waals surface area contributed by atoms with Gasteiger partial charge >= 0.3 is 0 Å². The van der Waals surface area contributed by atoms with Crippen molar-refractivity contribution in [2.24, 2.45) is 10.2 Å². The number of halogens is 1. The molecule has 8 heteroatoms. The van der Waals surface area contributed by atoms with Crippen molar-refractivity contribution in [1.29, 1.82) is 5.26 Å². The van der Waals surface area contributed by atoms with Crippen LogP contribution in [0.4, 0.5) is 11.4 Å². The topological polar surface area (TPSA) is 100.0 Å². The van der Waals surface area contributed by atoms with Gasteiger partial charge in [-0.1, -0.05) is 24.4 Å². The molecule has 1 heterocycles. The van der Waals surface area contributed by atoms with Gasteiger partial charge in [-0.15, -0.1) is 10.2 Å². The smallest absolute Gasteiger partial charge is 0.281 e. The Labute approximate surface area is 161 Å². The van der Waals surface area contributed by atoms with Gasteiger partial charge in [0, 0.05) is 16.6 Å². The molecule has 1 aliphatic carbocycles. The highest BCUT2D eigenvalue weighted by molar-refractivity contribution is 6.30. The average molecular weight is 387 g/mol. The lowest BCUT2D eigenvalue weighted by Gasteiger charge is -2.18. The standard InChI is InChI=1S/C19H19ClN4O3/c1-11-14(10-21)18(25)24(13-5-3-4-6-13)19(26)17(11)23-22-15-9-12(20)7-8-16(15)27-2/h7-9,13,25H,3-6H2,1-2H3. The predicted molar refractivity (Wildman–Crippen MR) is 102 cm³/mol. The molecule has 1 N–H and O–H groups in total. The van der Waals surface area contributed by atoms with Gasteiger partial charge in [-0.05, 0) is 38.0 Å². The third-order valence-corrected chi connectivity index (χ3v) is 5.04. The number of azo groups is 1. The lowest BCUT2D eigenvalue weighted by Crippen LogP contribution is -2.24. The van der Waals surface area contributed by atoms with Crippen LogP contribution in [0.1, 0.15) is 42.9 Å². The van der Waals surface area contributed by atoms with E-state index in [1.807, 2.05) is 6.07 Å². The van der Waals surface area contributed by atoms with Gasteiger partial charge in [0.15, 0.2) is 5.69 Å². The third kappa shape index (κ3) is 3.53. The van der Waals surface area contributed by atoms with Gasteiger partial charge < -0.3 is 9.84 Å². The maximum Gasteiger partial charge on any atom is 0.281 e. The van der Waals surface area contributed by atoms with Crippen LogP contribution in [0.2, 0.25) is 5.02 Å². The largest absolute Gasteiger partial charge is 0.494 e. The lowest BCUT2D eigenvalue weighted by atomic mass is 10.1. The van der Waals surface area contributed by atoms with Gasteiger partial charge in [-0.3, -0.25) is 9.36 Å². The number of aromatic hydroxyl groups is 1. The predicted octanol–water partition coefficient (Wildman–Crippen LogP) is 4.93. The van der Waals surface area contributed by atoms with Crippen LogP contribution in [0, 0.1) is 18.3 Å². The van der Waals surface area contributed by atoms with Crippen LogP contribution in [0.5, 0.6) is 11.6 Å². The number of benzene rings is 1. The summed E-state index contributed by atoms with van der Waals surface area (Å²) in [6, 6.07) is 6.71. The Balaban J connectivity index is 2.16.